The third-order valence-corrected chi connectivity index (χ3v) is 9.67. The minimum atomic E-state index is -0.563. The van der Waals surface area contributed by atoms with Gasteiger partial charge in [-0.3, -0.25) is 9.63 Å². The number of carbonyl (C=O) groups is 1. The number of aromatic nitrogens is 2. The van der Waals surface area contributed by atoms with Crippen LogP contribution < -0.4 is 25.3 Å². The van der Waals surface area contributed by atoms with E-state index in [0.717, 1.165) is 56.8 Å². The SMILES string of the molecule is C=CC(=O)Nc1cc(Nc2cc(N3OCC[C@@H]3c3cc(F)ccc3F)ncn2)c(OC)cc1N1CCC(N2CCC(N(C)C)CC2)CC1. The Hall–Kier alpha value is -4.33. The Kier molecular flexibility index (Phi) is 10.4. The summed E-state index contributed by atoms with van der Waals surface area (Å²) in [6, 6.07) is 9.44. The van der Waals surface area contributed by atoms with Crippen molar-refractivity contribution >= 4 is 34.6 Å². The summed E-state index contributed by atoms with van der Waals surface area (Å²) >= 11 is 0. The third kappa shape index (κ3) is 7.38. The molecule has 3 fully saturated rings. The minimum absolute atomic E-state index is 0.193. The van der Waals surface area contributed by atoms with Crippen molar-refractivity contribution in [3.63, 3.8) is 0 Å². The minimum Gasteiger partial charge on any atom is -0.494 e. The van der Waals surface area contributed by atoms with E-state index < -0.39 is 17.7 Å². The summed E-state index contributed by atoms with van der Waals surface area (Å²) in [5.74, 6) is -0.00742. The van der Waals surface area contributed by atoms with E-state index in [1.807, 2.05) is 12.1 Å². The van der Waals surface area contributed by atoms with E-state index in [1.165, 1.54) is 36.4 Å². The molecule has 0 radical (unpaired) electrons. The highest BCUT2D eigenvalue weighted by Gasteiger charge is 2.32. The van der Waals surface area contributed by atoms with E-state index in [2.05, 4.69) is 56.0 Å². The Morgan fingerprint density at radius 1 is 1.02 bits per heavy atom. The van der Waals surface area contributed by atoms with Crippen LogP contribution in [0.15, 0.2) is 55.4 Å². The Bertz CT molecular complexity index is 1610. The van der Waals surface area contributed by atoms with Gasteiger partial charge in [-0.1, -0.05) is 6.58 Å². The zero-order valence-corrected chi connectivity index (χ0v) is 27.8. The van der Waals surface area contributed by atoms with E-state index in [0.29, 0.717) is 53.9 Å². The van der Waals surface area contributed by atoms with Crippen LogP contribution in [0.2, 0.25) is 0 Å². The van der Waals surface area contributed by atoms with Gasteiger partial charge in [-0.25, -0.2) is 23.8 Å². The molecule has 0 bridgehead atoms. The molecule has 3 aromatic rings. The van der Waals surface area contributed by atoms with Crippen molar-refractivity contribution in [2.75, 3.05) is 74.6 Å². The Balaban J connectivity index is 1.21. The molecule has 256 valence electrons. The van der Waals surface area contributed by atoms with Crippen molar-refractivity contribution in [1.29, 1.82) is 0 Å². The lowest BCUT2D eigenvalue weighted by Crippen LogP contribution is -2.50. The average molecular weight is 663 g/mol. The number of hydroxylamine groups is 1. The van der Waals surface area contributed by atoms with Crippen molar-refractivity contribution in [3.05, 3.63) is 72.6 Å². The quantitative estimate of drug-likeness (QED) is 0.271. The lowest BCUT2D eigenvalue weighted by Gasteiger charge is -2.43. The highest BCUT2D eigenvalue weighted by molar-refractivity contribution is 6.02. The first-order valence-electron chi connectivity index (χ1n) is 16.5. The maximum absolute atomic E-state index is 14.7. The topological polar surface area (TPSA) is 98.3 Å². The molecule has 0 unspecified atom stereocenters. The fraction of sp³-hybridized carbons (Fsp3) is 0.457. The van der Waals surface area contributed by atoms with Gasteiger partial charge in [0.2, 0.25) is 5.91 Å². The summed E-state index contributed by atoms with van der Waals surface area (Å²) in [6.45, 7) is 7.90. The molecule has 11 nitrogen and oxygen atoms in total. The van der Waals surface area contributed by atoms with Crippen LogP contribution in [-0.2, 0) is 9.63 Å². The summed E-state index contributed by atoms with van der Waals surface area (Å²) < 4.78 is 34.5. The molecule has 2 aromatic carbocycles. The number of hydrogen-bond donors (Lipinski definition) is 2. The second-order valence-electron chi connectivity index (χ2n) is 12.7. The molecule has 48 heavy (non-hydrogen) atoms. The lowest BCUT2D eigenvalue weighted by atomic mass is 9.97. The molecule has 0 saturated carbocycles. The van der Waals surface area contributed by atoms with Gasteiger partial charge in [0.15, 0.2) is 5.82 Å². The Labute approximate surface area is 280 Å². The number of ether oxygens (including phenoxy) is 1. The molecule has 0 aliphatic carbocycles. The Morgan fingerprint density at radius 2 is 1.79 bits per heavy atom. The van der Waals surface area contributed by atoms with E-state index in [-0.39, 0.29) is 11.5 Å². The van der Waals surface area contributed by atoms with Crippen LogP contribution in [0.4, 0.5) is 37.5 Å². The van der Waals surface area contributed by atoms with Crippen LogP contribution in [0, 0.1) is 11.6 Å². The molecule has 13 heteroatoms. The molecule has 3 aliphatic heterocycles. The van der Waals surface area contributed by atoms with E-state index >= 15 is 0 Å². The van der Waals surface area contributed by atoms with Gasteiger partial charge in [0.25, 0.3) is 0 Å². The van der Waals surface area contributed by atoms with Crippen LogP contribution in [0.1, 0.15) is 43.7 Å². The number of likely N-dealkylation sites (tertiary alicyclic amines) is 1. The van der Waals surface area contributed by atoms with Gasteiger partial charge in [0.05, 0.1) is 36.8 Å². The number of hydrogen-bond acceptors (Lipinski definition) is 10. The predicted molar refractivity (Wildman–Crippen MR) is 183 cm³/mol. The number of nitrogens with zero attached hydrogens (tertiary/aromatic N) is 6. The normalized spacial score (nSPS) is 19.5. The van der Waals surface area contributed by atoms with Gasteiger partial charge in [-0.05, 0) is 83.2 Å². The van der Waals surface area contributed by atoms with Crippen LogP contribution in [-0.4, -0.2) is 91.7 Å². The van der Waals surface area contributed by atoms with Crippen molar-refractivity contribution in [2.24, 2.45) is 0 Å². The standard InChI is InChI=1S/C35H44F2N8O3/c1-5-35(46)41-28-19-29(32(47-4)20-31(28)44-15-10-25(11-16-44)43-13-8-24(9-14-43)42(2)3)40-33-21-34(39-22-38-33)45-30(12-17-48-45)26-18-23(36)6-7-27(26)37/h5-7,18-22,24-25,30H,1,8-17H2,2-4H3,(H,41,46)(H,38,39,40)/t30-/m1/s1. The molecule has 1 amide bonds. The average Bonchev–Trinajstić information content (AvgIpc) is 3.60. The first-order valence-corrected chi connectivity index (χ1v) is 16.5. The van der Waals surface area contributed by atoms with Crippen molar-refractivity contribution in [3.8, 4) is 5.75 Å². The van der Waals surface area contributed by atoms with Crippen LogP contribution in [0.3, 0.4) is 0 Å². The van der Waals surface area contributed by atoms with E-state index in [4.69, 9.17) is 9.57 Å². The molecule has 4 heterocycles. The van der Waals surface area contributed by atoms with Crippen LogP contribution >= 0.6 is 0 Å². The number of amides is 1. The highest BCUT2D eigenvalue weighted by Crippen LogP contribution is 2.41. The molecule has 3 saturated heterocycles. The third-order valence-electron chi connectivity index (χ3n) is 9.67. The molecule has 3 aliphatic rings. The molecule has 1 aromatic heterocycles. The van der Waals surface area contributed by atoms with Crippen LogP contribution in [0.25, 0.3) is 0 Å². The number of benzene rings is 2. The van der Waals surface area contributed by atoms with Crippen molar-refractivity contribution in [1.82, 2.24) is 19.8 Å². The zero-order chi connectivity index (χ0) is 33.8. The number of halogens is 2. The Morgan fingerprint density at radius 3 is 2.50 bits per heavy atom. The summed E-state index contributed by atoms with van der Waals surface area (Å²) in [4.78, 5) is 34.4. The molecular weight excluding hydrogens is 618 g/mol. The fourth-order valence-corrected chi connectivity index (χ4v) is 7.04. The predicted octanol–water partition coefficient (Wildman–Crippen LogP) is 5.51. The second-order valence-corrected chi connectivity index (χ2v) is 12.7. The molecule has 0 spiro atoms. The lowest BCUT2D eigenvalue weighted by molar-refractivity contribution is -0.111. The first kappa shape index (κ1) is 33.6. The fourth-order valence-electron chi connectivity index (χ4n) is 7.04. The van der Waals surface area contributed by atoms with E-state index in [9.17, 15) is 13.6 Å². The molecule has 2 N–H and O–H groups in total. The number of anilines is 5. The summed E-state index contributed by atoms with van der Waals surface area (Å²) in [5, 5.41) is 7.75. The van der Waals surface area contributed by atoms with E-state index in [1.54, 1.807) is 13.2 Å². The van der Waals surface area contributed by atoms with Crippen LogP contribution in [0.5, 0.6) is 5.75 Å². The van der Waals surface area contributed by atoms with Gasteiger partial charge in [-0.15, -0.1) is 0 Å². The summed E-state index contributed by atoms with van der Waals surface area (Å²) in [7, 11) is 5.93. The largest absolute Gasteiger partial charge is 0.494 e. The molecule has 6 rings (SSSR count). The maximum atomic E-state index is 14.7. The summed E-state index contributed by atoms with van der Waals surface area (Å²) in [5.41, 5.74) is 2.25. The van der Waals surface area contributed by atoms with Gasteiger partial charge in [0, 0.05) is 49.3 Å². The summed E-state index contributed by atoms with van der Waals surface area (Å²) in [6.07, 6.45) is 7.53. The number of methoxy groups -OCH3 is 1. The highest BCUT2D eigenvalue weighted by atomic mass is 19.1. The van der Waals surface area contributed by atoms with Gasteiger partial charge in [0.1, 0.15) is 29.5 Å². The smallest absolute Gasteiger partial charge is 0.247 e. The van der Waals surface area contributed by atoms with Gasteiger partial charge < -0.3 is 30.1 Å². The number of nitrogens with one attached hydrogen (secondary N) is 2. The second kappa shape index (κ2) is 14.8. The molecule has 1 atom stereocenters. The number of carbonyl (C=O) groups excluding carboxylic acids is 1. The number of piperidine rings is 2. The molecular formula is C35H44F2N8O3. The van der Waals surface area contributed by atoms with Gasteiger partial charge in [-0.2, -0.15) is 0 Å². The monoisotopic (exact) mass is 662 g/mol. The zero-order valence-electron chi connectivity index (χ0n) is 27.8. The number of rotatable bonds is 10. The van der Waals surface area contributed by atoms with Crippen molar-refractivity contribution in [2.45, 2.75) is 50.2 Å². The first-order chi connectivity index (χ1) is 23.2. The maximum Gasteiger partial charge on any atom is 0.247 e. The van der Waals surface area contributed by atoms with Crippen molar-refractivity contribution < 1.29 is 23.1 Å². The van der Waals surface area contributed by atoms with Gasteiger partial charge >= 0.3 is 0 Å².